The normalized spacial score (nSPS) is 10.7. The number of aryl methyl sites for hydroxylation is 1. The van der Waals surface area contributed by atoms with Gasteiger partial charge in [0.2, 0.25) is 5.88 Å². The number of rotatable bonds is 3. The fraction of sp³-hybridized carbons (Fsp3) is 0.0500. The summed E-state index contributed by atoms with van der Waals surface area (Å²) in [6.45, 7) is 1.91. The minimum Gasteiger partial charge on any atom is -0.439 e. The fourth-order valence-corrected chi connectivity index (χ4v) is 3.85. The van der Waals surface area contributed by atoms with Gasteiger partial charge in [-0.15, -0.1) is 0 Å². The van der Waals surface area contributed by atoms with Crippen molar-refractivity contribution >= 4 is 33.0 Å². The topological polar surface area (TPSA) is 63.2 Å². The number of nitriles is 1. The molecule has 0 aliphatic carbocycles. The maximum atomic E-state index is 9.69. The van der Waals surface area contributed by atoms with Gasteiger partial charge in [0.15, 0.2) is 5.15 Å². The highest BCUT2D eigenvalue weighted by Gasteiger charge is 2.20. The monoisotopic (exact) mass is 438 g/mol. The van der Waals surface area contributed by atoms with Gasteiger partial charge >= 0.3 is 0 Å². The first kappa shape index (κ1) is 17.5. The minimum atomic E-state index is 0.284. The molecule has 0 N–H and O–H groups in total. The van der Waals surface area contributed by atoms with E-state index in [4.69, 9.17) is 16.3 Å². The summed E-state index contributed by atoms with van der Waals surface area (Å²) >= 11 is 9.79. The Hall–Kier alpha value is -2.88. The van der Waals surface area contributed by atoms with E-state index in [2.05, 4.69) is 32.0 Å². The van der Waals surface area contributed by atoms with Gasteiger partial charge in [-0.1, -0.05) is 29.8 Å². The highest BCUT2D eigenvalue weighted by molar-refractivity contribution is 9.10. The minimum absolute atomic E-state index is 0.284. The van der Waals surface area contributed by atoms with Gasteiger partial charge in [-0.2, -0.15) is 5.26 Å². The van der Waals surface area contributed by atoms with Crippen LogP contribution in [0.15, 0.2) is 59.5 Å². The van der Waals surface area contributed by atoms with Gasteiger partial charge in [0, 0.05) is 29.7 Å². The lowest BCUT2D eigenvalue weighted by Crippen LogP contribution is -1.89. The molecule has 0 fully saturated rings. The predicted molar refractivity (Wildman–Crippen MR) is 107 cm³/mol. The molecule has 0 aliphatic heterocycles. The van der Waals surface area contributed by atoms with Crippen molar-refractivity contribution in [3.63, 3.8) is 0 Å². The summed E-state index contributed by atoms with van der Waals surface area (Å²) in [4.78, 5) is 8.41. The molecular formula is C20H12BrClN4O. The third-order valence-corrected chi connectivity index (χ3v) is 5.14. The molecule has 4 aromatic rings. The number of hydrogen-bond acceptors (Lipinski definition) is 4. The average Bonchev–Trinajstić information content (AvgIpc) is 2.96. The summed E-state index contributed by atoms with van der Waals surface area (Å²) in [5, 5.41) is 9.97. The second kappa shape index (κ2) is 7.03. The van der Waals surface area contributed by atoms with Gasteiger partial charge in [-0.25, -0.2) is 9.97 Å². The molecule has 0 saturated heterocycles. The maximum absolute atomic E-state index is 9.69. The lowest BCUT2D eigenvalue weighted by atomic mass is 10.0. The Bertz CT molecular complexity index is 1200. The summed E-state index contributed by atoms with van der Waals surface area (Å²) in [6.07, 6.45) is 3.35. The maximum Gasteiger partial charge on any atom is 0.219 e. The number of halogens is 2. The number of hydrogen-bond donors (Lipinski definition) is 0. The Labute approximate surface area is 169 Å². The van der Waals surface area contributed by atoms with Gasteiger partial charge in [-0.3, -0.25) is 0 Å². The summed E-state index contributed by atoms with van der Waals surface area (Å²) in [5.74, 6) is 1.20. The SMILES string of the molecule is Cc1cccc(Oc2ccc(-c3c(C#N)c4c(Cl)nccn4c3Br)cc2)n1. The van der Waals surface area contributed by atoms with Crippen LogP contribution in [-0.4, -0.2) is 14.4 Å². The van der Waals surface area contributed by atoms with Crippen LogP contribution >= 0.6 is 27.5 Å². The molecule has 3 heterocycles. The lowest BCUT2D eigenvalue weighted by Gasteiger charge is -2.07. The smallest absolute Gasteiger partial charge is 0.219 e. The van der Waals surface area contributed by atoms with E-state index in [1.165, 1.54) is 0 Å². The molecular weight excluding hydrogens is 428 g/mol. The summed E-state index contributed by atoms with van der Waals surface area (Å²) in [5.41, 5.74) is 3.55. The molecule has 0 aliphatic rings. The summed E-state index contributed by atoms with van der Waals surface area (Å²) in [6, 6.07) is 15.3. The zero-order chi connectivity index (χ0) is 19.0. The van der Waals surface area contributed by atoms with Crippen molar-refractivity contribution in [3.8, 4) is 28.8 Å². The van der Waals surface area contributed by atoms with Crippen LogP contribution in [-0.2, 0) is 0 Å². The Kier molecular flexibility index (Phi) is 4.56. The van der Waals surface area contributed by atoms with Crippen molar-refractivity contribution in [1.82, 2.24) is 14.4 Å². The lowest BCUT2D eigenvalue weighted by molar-refractivity contribution is 0.462. The molecule has 132 valence electrons. The van der Waals surface area contributed by atoms with E-state index in [1.807, 2.05) is 47.7 Å². The van der Waals surface area contributed by atoms with Crippen molar-refractivity contribution in [2.24, 2.45) is 0 Å². The van der Waals surface area contributed by atoms with Crippen molar-refractivity contribution in [2.75, 3.05) is 0 Å². The average molecular weight is 440 g/mol. The van der Waals surface area contributed by atoms with Crippen LogP contribution in [0, 0.1) is 18.3 Å². The number of pyridine rings is 1. The van der Waals surface area contributed by atoms with Crippen LogP contribution in [0.1, 0.15) is 11.3 Å². The van der Waals surface area contributed by atoms with Gasteiger partial charge in [0.25, 0.3) is 0 Å². The Morgan fingerprint density at radius 1 is 1.19 bits per heavy atom. The van der Waals surface area contributed by atoms with Crippen LogP contribution in [0.25, 0.3) is 16.6 Å². The first-order valence-corrected chi connectivity index (χ1v) is 9.21. The zero-order valence-corrected chi connectivity index (χ0v) is 16.5. The second-order valence-electron chi connectivity index (χ2n) is 5.83. The number of nitrogens with zero attached hydrogens (tertiary/aromatic N) is 4. The highest BCUT2D eigenvalue weighted by atomic mass is 79.9. The Morgan fingerprint density at radius 2 is 1.96 bits per heavy atom. The van der Waals surface area contributed by atoms with E-state index in [-0.39, 0.29) is 5.15 Å². The zero-order valence-electron chi connectivity index (χ0n) is 14.1. The molecule has 0 radical (unpaired) electrons. The quantitative estimate of drug-likeness (QED) is 0.405. The summed E-state index contributed by atoms with van der Waals surface area (Å²) < 4.78 is 8.34. The van der Waals surface area contributed by atoms with Gasteiger partial charge < -0.3 is 9.14 Å². The van der Waals surface area contributed by atoms with Gasteiger partial charge in [0.05, 0.1) is 10.2 Å². The Balaban J connectivity index is 1.76. The van der Waals surface area contributed by atoms with Crippen molar-refractivity contribution in [1.29, 1.82) is 5.26 Å². The van der Waals surface area contributed by atoms with Crippen molar-refractivity contribution in [3.05, 3.63) is 75.9 Å². The van der Waals surface area contributed by atoms with Gasteiger partial charge in [0.1, 0.15) is 17.3 Å². The van der Waals surface area contributed by atoms with E-state index < -0.39 is 0 Å². The highest BCUT2D eigenvalue weighted by Crippen LogP contribution is 2.38. The molecule has 5 nitrogen and oxygen atoms in total. The predicted octanol–water partition coefficient (Wildman–Crippen LogP) is 5.78. The van der Waals surface area contributed by atoms with Crippen LogP contribution in [0.5, 0.6) is 11.6 Å². The largest absolute Gasteiger partial charge is 0.439 e. The first-order chi connectivity index (χ1) is 13.1. The third-order valence-electron chi connectivity index (χ3n) is 4.08. The molecule has 0 saturated carbocycles. The van der Waals surface area contributed by atoms with Crippen LogP contribution < -0.4 is 4.74 Å². The first-order valence-electron chi connectivity index (χ1n) is 8.04. The molecule has 3 aromatic heterocycles. The molecule has 7 heteroatoms. The van der Waals surface area contributed by atoms with Crippen molar-refractivity contribution in [2.45, 2.75) is 6.92 Å². The van der Waals surface area contributed by atoms with E-state index >= 15 is 0 Å². The molecule has 1 aromatic carbocycles. The number of ether oxygens (including phenoxy) is 1. The van der Waals surface area contributed by atoms with Crippen LogP contribution in [0.3, 0.4) is 0 Å². The van der Waals surface area contributed by atoms with E-state index in [0.717, 1.165) is 21.4 Å². The standard InChI is InChI=1S/C20H12BrClN4O/c1-12-3-2-4-16(25-12)27-14-7-5-13(6-8-14)17-15(11-23)18-20(22)24-9-10-26(18)19(17)21/h2-10H,1H3. The van der Waals surface area contributed by atoms with E-state index in [0.29, 0.717) is 22.7 Å². The van der Waals surface area contributed by atoms with E-state index in [9.17, 15) is 5.26 Å². The molecule has 27 heavy (non-hydrogen) atoms. The molecule has 4 rings (SSSR count). The van der Waals surface area contributed by atoms with Crippen LogP contribution in [0.2, 0.25) is 5.15 Å². The number of benzene rings is 1. The molecule has 0 atom stereocenters. The molecule has 0 amide bonds. The molecule has 0 bridgehead atoms. The number of fused-ring (bicyclic) bond motifs is 1. The fourth-order valence-electron chi connectivity index (χ4n) is 2.89. The number of aromatic nitrogens is 3. The van der Waals surface area contributed by atoms with Crippen molar-refractivity contribution < 1.29 is 4.74 Å². The van der Waals surface area contributed by atoms with Crippen LogP contribution in [0.4, 0.5) is 0 Å². The van der Waals surface area contributed by atoms with E-state index in [1.54, 1.807) is 18.5 Å². The second-order valence-corrected chi connectivity index (χ2v) is 6.94. The summed E-state index contributed by atoms with van der Waals surface area (Å²) in [7, 11) is 0. The Morgan fingerprint density at radius 3 is 2.67 bits per heavy atom. The molecule has 0 spiro atoms. The third kappa shape index (κ3) is 3.16. The van der Waals surface area contributed by atoms with Gasteiger partial charge in [-0.05, 0) is 46.6 Å². The molecule has 0 unspecified atom stereocenters.